The van der Waals surface area contributed by atoms with Crippen molar-refractivity contribution in [1.29, 1.82) is 0 Å². The fourth-order valence-electron chi connectivity index (χ4n) is 9.23. The summed E-state index contributed by atoms with van der Waals surface area (Å²) in [6.07, 6.45) is 8.64. The van der Waals surface area contributed by atoms with E-state index in [-0.39, 0.29) is 48.7 Å². The monoisotopic (exact) mass is 864 g/mol. The molecule has 12 heteroatoms. The minimum Gasteiger partial charge on any atom is -0.497 e. The van der Waals surface area contributed by atoms with Crippen molar-refractivity contribution in [1.82, 2.24) is 0 Å². The van der Waals surface area contributed by atoms with E-state index in [1.165, 1.54) is 7.11 Å². The molecule has 1 amide bonds. The SMILES string of the molecule is C=CCO[C@@]12Oc3ccc(OC(=O)Nc4ccc(OC)cc4OC)cc3[C@H]3[C@H](CCCCO)[C@@H](CCCCO)C=C(C(=NOC(C)(C)C)C[C@@H]1Sc1ccc4ccccc4c1)[C@H]32. The average Bonchev–Trinajstić information content (AvgIpc) is 3.26. The number of thioether (sulfide) groups is 1. The largest absolute Gasteiger partial charge is 0.497 e. The highest BCUT2D eigenvalue weighted by atomic mass is 32.2. The normalized spacial score (nSPS) is 23.4. The summed E-state index contributed by atoms with van der Waals surface area (Å²) in [5, 5.41) is 29.7. The number of methoxy groups -OCH3 is 2. The minimum atomic E-state index is -1.18. The van der Waals surface area contributed by atoms with E-state index in [9.17, 15) is 15.0 Å². The fraction of sp³-hybridized carbons (Fsp3) is 0.440. The Morgan fingerprint density at radius 1 is 0.935 bits per heavy atom. The van der Waals surface area contributed by atoms with Gasteiger partial charge in [0.2, 0.25) is 5.79 Å². The molecule has 7 rings (SSSR count). The number of ether oxygens (including phenoxy) is 5. The van der Waals surface area contributed by atoms with Crippen LogP contribution in [0.1, 0.15) is 77.2 Å². The van der Waals surface area contributed by atoms with E-state index in [2.05, 4.69) is 54.4 Å². The van der Waals surface area contributed by atoms with Crippen LogP contribution in [-0.2, 0) is 9.57 Å². The molecule has 330 valence electrons. The molecule has 4 aromatic rings. The zero-order valence-electron chi connectivity index (χ0n) is 36.4. The van der Waals surface area contributed by atoms with E-state index in [0.717, 1.165) is 58.2 Å². The van der Waals surface area contributed by atoms with Gasteiger partial charge >= 0.3 is 6.09 Å². The molecule has 0 radical (unpaired) electrons. The van der Waals surface area contributed by atoms with Gasteiger partial charge in [-0.2, -0.15) is 0 Å². The number of anilines is 1. The molecule has 1 heterocycles. The summed E-state index contributed by atoms with van der Waals surface area (Å²) in [5.41, 5.74) is 2.66. The molecule has 62 heavy (non-hydrogen) atoms. The Morgan fingerprint density at radius 2 is 1.69 bits per heavy atom. The number of amides is 1. The number of allylic oxidation sites excluding steroid dienone is 1. The molecule has 0 spiro atoms. The Labute approximate surface area is 369 Å². The molecule has 11 nitrogen and oxygen atoms in total. The molecular weight excluding hydrogens is 805 g/mol. The van der Waals surface area contributed by atoms with E-state index in [1.807, 2.05) is 39.0 Å². The predicted octanol–water partition coefficient (Wildman–Crippen LogP) is 10.7. The maximum absolute atomic E-state index is 13.5. The van der Waals surface area contributed by atoms with Crippen molar-refractivity contribution >= 4 is 40.0 Å². The molecule has 0 bridgehead atoms. The van der Waals surface area contributed by atoms with Crippen LogP contribution < -0.4 is 24.3 Å². The van der Waals surface area contributed by atoms with Crippen molar-refractivity contribution in [3.05, 3.63) is 109 Å². The van der Waals surface area contributed by atoms with Gasteiger partial charge in [0.15, 0.2) is 0 Å². The van der Waals surface area contributed by atoms with Gasteiger partial charge in [0.25, 0.3) is 0 Å². The number of hydrogen-bond donors (Lipinski definition) is 3. The molecule has 0 saturated heterocycles. The van der Waals surface area contributed by atoms with Crippen LogP contribution in [0.2, 0.25) is 0 Å². The highest BCUT2D eigenvalue weighted by Crippen LogP contribution is 2.63. The van der Waals surface area contributed by atoms with Gasteiger partial charge in [0, 0.05) is 42.1 Å². The molecule has 1 aliphatic heterocycles. The second-order valence-electron chi connectivity index (χ2n) is 17.2. The van der Waals surface area contributed by atoms with E-state index < -0.39 is 17.5 Å². The van der Waals surface area contributed by atoms with Crippen molar-refractivity contribution in [2.24, 2.45) is 22.9 Å². The molecule has 1 fully saturated rings. The Balaban J connectivity index is 1.37. The Morgan fingerprint density at radius 3 is 2.42 bits per heavy atom. The Bertz CT molecular complexity index is 2270. The third-order valence-corrected chi connectivity index (χ3v) is 13.2. The third-order valence-electron chi connectivity index (χ3n) is 11.9. The standard InChI is InChI=1S/C50H60N2O9S/c1-7-26-58-50-45(62-37-21-18-32-14-8-9-15-33(32)27-37)31-42(52-61-49(2,3)4)39-28-34(16-10-12-24-53)38(17-11-13-25-54)46(47(39)50)40-29-36(20-23-43(40)60-50)59-48(55)51-41-22-19-35(56-5)30-44(41)57-6/h7-9,14-15,18-23,27-30,34,38,45-47,53-54H,1,10-13,16-17,24-26,31H2,2-6H3,(H,51,55)/t34-,38+,45-,46+,47+,50+/m0/s1. The number of aliphatic hydroxyl groups is 2. The van der Waals surface area contributed by atoms with Crippen molar-refractivity contribution in [2.75, 3.05) is 39.4 Å². The van der Waals surface area contributed by atoms with Gasteiger partial charge in [-0.3, -0.25) is 5.32 Å². The molecule has 1 saturated carbocycles. The van der Waals surface area contributed by atoms with Gasteiger partial charge < -0.3 is 38.7 Å². The van der Waals surface area contributed by atoms with Crippen molar-refractivity contribution in [2.45, 2.75) is 93.2 Å². The number of carbonyl (C=O) groups is 1. The molecule has 3 N–H and O–H groups in total. The van der Waals surface area contributed by atoms with Crippen LogP contribution >= 0.6 is 11.8 Å². The smallest absolute Gasteiger partial charge is 0.417 e. The molecule has 4 aromatic carbocycles. The van der Waals surface area contributed by atoms with Crippen LogP contribution in [0, 0.1) is 17.8 Å². The zero-order valence-corrected chi connectivity index (χ0v) is 37.2. The first kappa shape index (κ1) is 45.0. The van der Waals surface area contributed by atoms with Gasteiger partial charge in [-0.1, -0.05) is 60.5 Å². The number of fused-ring (bicyclic) bond motifs is 3. The summed E-state index contributed by atoms with van der Waals surface area (Å²) in [6.45, 7) is 10.5. The summed E-state index contributed by atoms with van der Waals surface area (Å²) >= 11 is 1.72. The lowest BCUT2D eigenvalue weighted by molar-refractivity contribution is -0.223. The van der Waals surface area contributed by atoms with Crippen LogP contribution in [-0.4, -0.2) is 72.7 Å². The highest BCUT2D eigenvalue weighted by molar-refractivity contribution is 8.00. The summed E-state index contributed by atoms with van der Waals surface area (Å²) in [7, 11) is 3.09. The number of carbonyl (C=O) groups excluding carboxylic acids is 1. The summed E-state index contributed by atoms with van der Waals surface area (Å²) in [5.74, 6) is 0.469. The summed E-state index contributed by atoms with van der Waals surface area (Å²) in [6, 6.07) is 25.5. The third kappa shape index (κ3) is 9.94. The van der Waals surface area contributed by atoms with Crippen molar-refractivity contribution < 1.29 is 43.5 Å². The lowest BCUT2D eigenvalue weighted by Gasteiger charge is -2.58. The summed E-state index contributed by atoms with van der Waals surface area (Å²) in [4.78, 5) is 20.9. The molecular formula is C50H60N2O9S. The second kappa shape index (κ2) is 20.0. The number of hydrogen-bond acceptors (Lipinski definition) is 11. The van der Waals surface area contributed by atoms with Crippen LogP contribution in [0.5, 0.6) is 23.0 Å². The zero-order chi connectivity index (χ0) is 43.9. The van der Waals surface area contributed by atoms with Gasteiger partial charge in [0.1, 0.15) is 28.6 Å². The van der Waals surface area contributed by atoms with Crippen LogP contribution in [0.15, 0.2) is 113 Å². The van der Waals surface area contributed by atoms with Crippen molar-refractivity contribution in [3.63, 3.8) is 0 Å². The van der Waals surface area contributed by atoms with Crippen LogP contribution in [0.3, 0.4) is 0 Å². The number of nitrogens with zero attached hydrogens (tertiary/aromatic N) is 1. The number of nitrogens with one attached hydrogen (secondary N) is 1. The fourth-order valence-corrected chi connectivity index (χ4v) is 10.6. The summed E-state index contributed by atoms with van der Waals surface area (Å²) < 4.78 is 31.3. The molecule has 2 aliphatic carbocycles. The van der Waals surface area contributed by atoms with E-state index >= 15 is 0 Å². The lowest BCUT2D eigenvalue weighted by Crippen LogP contribution is -2.64. The first-order valence-corrected chi connectivity index (χ1v) is 22.5. The average molecular weight is 865 g/mol. The van der Waals surface area contributed by atoms with Crippen molar-refractivity contribution in [3.8, 4) is 23.0 Å². The first-order chi connectivity index (χ1) is 30.0. The molecule has 6 atom stereocenters. The van der Waals surface area contributed by atoms with E-state index in [1.54, 1.807) is 49.2 Å². The highest BCUT2D eigenvalue weighted by Gasteiger charge is 2.64. The number of benzene rings is 4. The molecule has 0 aromatic heterocycles. The quantitative estimate of drug-likeness (QED) is 0.0503. The number of unbranched alkanes of at least 4 members (excludes halogenated alkanes) is 2. The van der Waals surface area contributed by atoms with Gasteiger partial charge in [-0.25, -0.2) is 4.79 Å². The van der Waals surface area contributed by atoms with E-state index in [4.69, 9.17) is 33.7 Å². The predicted molar refractivity (Wildman–Crippen MR) is 245 cm³/mol. The maximum Gasteiger partial charge on any atom is 0.417 e. The maximum atomic E-state index is 13.5. The topological polar surface area (TPSA) is 137 Å². The van der Waals surface area contributed by atoms with Gasteiger partial charge in [-0.05, 0) is 117 Å². The lowest BCUT2D eigenvalue weighted by atomic mass is 9.56. The van der Waals surface area contributed by atoms with Gasteiger partial charge in [0.05, 0.1) is 43.4 Å². The Hall–Kier alpha value is -5.01. The van der Waals surface area contributed by atoms with Gasteiger partial charge in [-0.15, -0.1) is 18.3 Å². The minimum absolute atomic E-state index is 0.0742. The molecule has 3 aliphatic rings. The number of oxime groups is 1. The Kier molecular flexibility index (Phi) is 14.5. The van der Waals surface area contributed by atoms with Crippen LogP contribution in [0.25, 0.3) is 10.8 Å². The number of aliphatic hydroxyl groups excluding tert-OH is 2. The van der Waals surface area contributed by atoms with Crippen LogP contribution in [0.4, 0.5) is 10.5 Å². The number of rotatable bonds is 18. The molecule has 0 unspecified atom stereocenters. The van der Waals surface area contributed by atoms with E-state index in [0.29, 0.717) is 47.9 Å². The second-order valence-corrected chi connectivity index (χ2v) is 18.4. The first-order valence-electron chi connectivity index (χ1n) is 21.6.